The minimum atomic E-state index is -0.487. The average Bonchev–Trinajstić information content (AvgIpc) is 3.33. The van der Waals surface area contributed by atoms with Crippen LogP contribution in [-0.4, -0.2) is 31.1 Å². The summed E-state index contributed by atoms with van der Waals surface area (Å²) in [7, 11) is 2.68. The molecule has 1 aliphatic heterocycles. The summed E-state index contributed by atoms with van der Waals surface area (Å²) in [5, 5.41) is 3.90. The van der Waals surface area contributed by atoms with Crippen LogP contribution >= 0.6 is 22.7 Å². The number of rotatable bonds is 5. The molecule has 5 nitrogen and oxygen atoms in total. The van der Waals surface area contributed by atoms with Crippen molar-refractivity contribution in [3.63, 3.8) is 0 Å². The maximum atomic E-state index is 12.4. The molecule has 0 saturated carbocycles. The Morgan fingerprint density at radius 3 is 2.08 bits per heavy atom. The van der Waals surface area contributed by atoms with Crippen LogP contribution in [0.15, 0.2) is 58.6 Å². The molecule has 0 saturated heterocycles. The van der Waals surface area contributed by atoms with E-state index in [1.165, 1.54) is 25.6 Å². The van der Waals surface area contributed by atoms with Crippen LogP contribution in [0.5, 0.6) is 0 Å². The number of ether oxygens (including phenoxy) is 2. The van der Waals surface area contributed by atoms with Gasteiger partial charge in [-0.1, -0.05) is 12.1 Å². The fraction of sp³-hybridized carbons (Fsp3) is 0.222. The van der Waals surface area contributed by atoms with Crippen molar-refractivity contribution in [1.29, 1.82) is 0 Å². The van der Waals surface area contributed by atoms with E-state index in [9.17, 15) is 9.59 Å². The molecule has 0 spiro atoms. The van der Waals surface area contributed by atoms with Crippen molar-refractivity contribution < 1.29 is 19.1 Å². The number of methoxy groups -OCH3 is 2. The van der Waals surface area contributed by atoms with Gasteiger partial charge in [-0.3, -0.25) is 0 Å². The summed E-state index contributed by atoms with van der Waals surface area (Å²) in [6, 6.07) is 7.77. The first-order valence-electron chi connectivity index (χ1n) is 7.55. The smallest absolute Gasteiger partial charge is 0.336 e. The largest absolute Gasteiger partial charge is 0.466 e. The molecule has 130 valence electrons. The third-order valence-electron chi connectivity index (χ3n) is 3.82. The van der Waals surface area contributed by atoms with Gasteiger partial charge in [0, 0.05) is 22.2 Å². The number of nitrogens with zero attached hydrogens (tertiary/aromatic N) is 1. The van der Waals surface area contributed by atoms with E-state index in [4.69, 9.17) is 9.47 Å². The van der Waals surface area contributed by atoms with E-state index in [0.717, 1.165) is 9.75 Å². The number of hydrogen-bond acceptors (Lipinski definition) is 7. The summed E-state index contributed by atoms with van der Waals surface area (Å²) in [6.07, 6.45) is 3.50. The predicted molar refractivity (Wildman–Crippen MR) is 97.1 cm³/mol. The summed E-state index contributed by atoms with van der Waals surface area (Å²) < 4.78 is 9.91. The van der Waals surface area contributed by atoms with Crippen molar-refractivity contribution in [2.45, 2.75) is 12.5 Å². The highest BCUT2D eigenvalue weighted by atomic mass is 32.1. The Hall–Kier alpha value is -2.38. The van der Waals surface area contributed by atoms with E-state index in [2.05, 4.69) is 0 Å². The molecule has 0 amide bonds. The molecule has 3 heterocycles. The second kappa shape index (κ2) is 7.67. The summed E-state index contributed by atoms with van der Waals surface area (Å²) >= 11 is 3.10. The van der Waals surface area contributed by atoms with Crippen molar-refractivity contribution in [1.82, 2.24) is 4.90 Å². The van der Waals surface area contributed by atoms with Gasteiger partial charge in [0.25, 0.3) is 0 Å². The normalized spacial score (nSPS) is 14.7. The molecule has 25 heavy (non-hydrogen) atoms. The molecule has 1 aliphatic rings. The molecule has 2 aromatic rings. The minimum absolute atomic E-state index is 0.421. The number of thiophene rings is 2. The van der Waals surface area contributed by atoms with Gasteiger partial charge in [-0.15, -0.1) is 22.7 Å². The van der Waals surface area contributed by atoms with Gasteiger partial charge in [0.15, 0.2) is 0 Å². The van der Waals surface area contributed by atoms with Crippen LogP contribution in [0.1, 0.15) is 15.7 Å². The van der Waals surface area contributed by atoms with E-state index in [1.807, 2.05) is 39.9 Å². The summed E-state index contributed by atoms with van der Waals surface area (Å²) in [4.78, 5) is 28.6. The lowest BCUT2D eigenvalue weighted by molar-refractivity contribution is -0.137. The van der Waals surface area contributed by atoms with E-state index in [0.29, 0.717) is 17.7 Å². The molecule has 3 rings (SSSR count). The van der Waals surface area contributed by atoms with Gasteiger partial charge in [-0.2, -0.15) is 0 Å². The third-order valence-corrected chi connectivity index (χ3v) is 5.62. The zero-order chi connectivity index (χ0) is 17.8. The minimum Gasteiger partial charge on any atom is -0.466 e. The first-order chi connectivity index (χ1) is 12.1. The molecule has 0 atom stereocenters. The van der Waals surface area contributed by atoms with Gasteiger partial charge in [0.05, 0.1) is 37.8 Å². The van der Waals surface area contributed by atoms with Gasteiger partial charge < -0.3 is 14.4 Å². The highest BCUT2D eigenvalue weighted by molar-refractivity contribution is 7.10. The van der Waals surface area contributed by atoms with Gasteiger partial charge in [0.1, 0.15) is 0 Å². The second-order valence-electron chi connectivity index (χ2n) is 5.35. The lowest BCUT2D eigenvalue weighted by Gasteiger charge is -2.29. The molecule has 0 radical (unpaired) electrons. The SMILES string of the molecule is COC(=O)C1=CN(Cc2cccs2)C=C(C(=O)OC)C1c1cccs1. The van der Waals surface area contributed by atoms with E-state index >= 15 is 0 Å². The Kier molecular flexibility index (Phi) is 5.35. The maximum Gasteiger partial charge on any atom is 0.336 e. The van der Waals surface area contributed by atoms with E-state index in [1.54, 1.807) is 23.7 Å². The molecule has 2 aromatic heterocycles. The van der Waals surface area contributed by atoms with Crippen molar-refractivity contribution in [3.05, 3.63) is 68.3 Å². The summed E-state index contributed by atoms with van der Waals surface area (Å²) in [5.74, 6) is -1.40. The van der Waals surface area contributed by atoms with Crippen LogP contribution in [0.4, 0.5) is 0 Å². The average molecular weight is 375 g/mol. The van der Waals surface area contributed by atoms with Crippen LogP contribution in [0.2, 0.25) is 0 Å². The van der Waals surface area contributed by atoms with Gasteiger partial charge in [-0.25, -0.2) is 9.59 Å². The molecular weight excluding hydrogens is 358 g/mol. The zero-order valence-electron chi connectivity index (χ0n) is 13.8. The number of carbonyl (C=O) groups excluding carboxylic acids is 2. The zero-order valence-corrected chi connectivity index (χ0v) is 15.4. The van der Waals surface area contributed by atoms with Crippen molar-refractivity contribution in [2.75, 3.05) is 14.2 Å². The van der Waals surface area contributed by atoms with Crippen molar-refractivity contribution >= 4 is 34.6 Å². The van der Waals surface area contributed by atoms with E-state index in [-0.39, 0.29) is 0 Å². The van der Waals surface area contributed by atoms with Crippen LogP contribution in [0, 0.1) is 0 Å². The highest BCUT2D eigenvalue weighted by Crippen LogP contribution is 2.39. The molecular formula is C18H17NO4S2. The Labute approximate surface area is 153 Å². The standard InChI is InChI=1S/C18H17NO4S2/c1-22-17(20)13-10-19(9-12-5-3-7-24-12)11-14(18(21)23-2)16(13)15-6-4-8-25-15/h3-8,10-11,16H,9H2,1-2H3. The monoisotopic (exact) mass is 375 g/mol. The number of esters is 2. The lowest BCUT2D eigenvalue weighted by atomic mass is 9.88. The Morgan fingerprint density at radius 1 is 1.00 bits per heavy atom. The summed E-state index contributed by atoms with van der Waals surface area (Å²) in [6.45, 7) is 0.565. The first kappa shape index (κ1) is 17.4. The third kappa shape index (κ3) is 3.67. The lowest BCUT2D eigenvalue weighted by Crippen LogP contribution is -2.28. The second-order valence-corrected chi connectivity index (χ2v) is 7.36. The molecule has 0 N–H and O–H groups in total. The maximum absolute atomic E-state index is 12.4. The molecule has 7 heteroatoms. The molecule has 0 aromatic carbocycles. The number of hydrogen-bond donors (Lipinski definition) is 0. The van der Waals surface area contributed by atoms with Crippen LogP contribution in [0.3, 0.4) is 0 Å². The fourth-order valence-corrected chi connectivity index (χ4v) is 4.30. The van der Waals surface area contributed by atoms with Crippen LogP contribution < -0.4 is 0 Å². The Morgan fingerprint density at radius 2 is 1.60 bits per heavy atom. The molecule has 0 aliphatic carbocycles. The van der Waals surface area contributed by atoms with Crippen LogP contribution in [0.25, 0.3) is 0 Å². The first-order valence-corrected chi connectivity index (χ1v) is 9.31. The van der Waals surface area contributed by atoms with Gasteiger partial charge >= 0.3 is 11.9 Å². The number of carbonyl (C=O) groups is 2. The van der Waals surface area contributed by atoms with E-state index < -0.39 is 17.9 Å². The highest BCUT2D eigenvalue weighted by Gasteiger charge is 2.35. The fourth-order valence-electron chi connectivity index (χ4n) is 2.72. The predicted octanol–water partition coefficient (Wildman–Crippen LogP) is 3.52. The van der Waals surface area contributed by atoms with Crippen LogP contribution in [-0.2, 0) is 25.6 Å². The van der Waals surface area contributed by atoms with Crippen molar-refractivity contribution in [2.24, 2.45) is 0 Å². The molecule has 0 bridgehead atoms. The molecule has 0 fully saturated rings. The van der Waals surface area contributed by atoms with Gasteiger partial charge in [0.2, 0.25) is 0 Å². The summed E-state index contributed by atoms with van der Waals surface area (Å²) in [5.41, 5.74) is 0.841. The topological polar surface area (TPSA) is 55.8 Å². The Balaban J connectivity index is 2.04. The molecule has 0 unspecified atom stereocenters. The quantitative estimate of drug-likeness (QED) is 0.749. The van der Waals surface area contributed by atoms with Gasteiger partial charge in [-0.05, 0) is 22.9 Å². The Bertz CT molecular complexity index is 772. The van der Waals surface area contributed by atoms with Crippen molar-refractivity contribution in [3.8, 4) is 0 Å².